The van der Waals surface area contributed by atoms with Gasteiger partial charge in [0.25, 0.3) is 0 Å². The number of hydrogen-bond acceptors (Lipinski definition) is 4. The molecule has 1 aromatic carbocycles. The predicted molar refractivity (Wildman–Crippen MR) is 109 cm³/mol. The van der Waals surface area contributed by atoms with E-state index in [4.69, 9.17) is 4.74 Å². The molecule has 3 amide bonds. The molecule has 2 bridgehead atoms. The molecule has 0 aliphatic carbocycles. The average Bonchev–Trinajstić information content (AvgIpc) is 3.14. The van der Waals surface area contributed by atoms with E-state index in [9.17, 15) is 14.4 Å². The molecular formula is C22H31N3O4. The van der Waals surface area contributed by atoms with Crippen LogP contribution in [-0.4, -0.2) is 66.3 Å². The van der Waals surface area contributed by atoms with E-state index in [-0.39, 0.29) is 30.3 Å². The fourth-order valence-electron chi connectivity index (χ4n) is 3.91. The van der Waals surface area contributed by atoms with Gasteiger partial charge in [-0.3, -0.25) is 14.4 Å². The minimum atomic E-state index is -0.622. The lowest BCUT2D eigenvalue weighted by atomic mass is 10.0. The third-order valence-corrected chi connectivity index (χ3v) is 5.87. The maximum absolute atomic E-state index is 13.0. The molecule has 29 heavy (non-hydrogen) atoms. The Morgan fingerprint density at radius 3 is 2.69 bits per heavy atom. The van der Waals surface area contributed by atoms with Crippen LogP contribution in [0.15, 0.2) is 24.3 Å². The van der Waals surface area contributed by atoms with Crippen molar-refractivity contribution in [2.45, 2.75) is 57.5 Å². The minimum Gasteiger partial charge on any atom is -0.494 e. The zero-order valence-electron chi connectivity index (χ0n) is 17.4. The van der Waals surface area contributed by atoms with Gasteiger partial charge in [0.05, 0.1) is 13.2 Å². The van der Waals surface area contributed by atoms with Gasteiger partial charge in [0.1, 0.15) is 11.8 Å². The van der Waals surface area contributed by atoms with E-state index in [1.807, 2.05) is 31.2 Å². The number of nitrogens with one attached hydrogen (secondary N) is 1. The number of ether oxygens (including phenoxy) is 1. The number of likely N-dealkylation sites (tertiary alicyclic amines) is 1. The predicted octanol–water partition coefficient (Wildman–Crippen LogP) is 1.75. The average molecular weight is 402 g/mol. The SMILES string of the molecule is CC1CCCCOc2cccc(c2)C[C@H](N2CCCC2=O)C(=O)NCC(=O)N1C. The first kappa shape index (κ1) is 21.1. The van der Waals surface area contributed by atoms with Gasteiger partial charge in [-0.05, 0) is 50.3 Å². The number of hydrogen-bond donors (Lipinski definition) is 1. The van der Waals surface area contributed by atoms with Crippen molar-refractivity contribution in [2.24, 2.45) is 0 Å². The van der Waals surface area contributed by atoms with E-state index in [0.717, 1.165) is 37.0 Å². The van der Waals surface area contributed by atoms with Crippen molar-refractivity contribution < 1.29 is 19.1 Å². The molecule has 1 fully saturated rings. The first-order valence-corrected chi connectivity index (χ1v) is 10.5. The lowest BCUT2D eigenvalue weighted by Crippen LogP contribution is -2.51. The monoisotopic (exact) mass is 401 g/mol. The highest BCUT2D eigenvalue weighted by molar-refractivity contribution is 5.91. The smallest absolute Gasteiger partial charge is 0.243 e. The summed E-state index contributed by atoms with van der Waals surface area (Å²) in [5, 5.41) is 2.77. The summed E-state index contributed by atoms with van der Waals surface area (Å²) in [5.41, 5.74) is 0.937. The number of fused-ring (bicyclic) bond motifs is 2. The van der Waals surface area contributed by atoms with E-state index >= 15 is 0 Å². The van der Waals surface area contributed by atoms with E-state index < -0.39 is 6.04 Å². The number of amides is 3. The largest absolute Gasteiger partial charge is 0.494 e. The molecule has 2 aliphatic rings. The zero-order valence-corrected chi connectivity index (χ0v) is 17.4. The Hall–Kier alpha value is -2.57. The molecule has 2 atom stereocenters. The second kappa shape index (κ2) is 9.76. The molecule has 0 radical (unpaired) electrons. The molecule has 158 valence electrons. The zero-order chi connectivity index (χ0) is 20.8. The highest BCUT2D eigenvalue weighted by atomic mass is 16.5. The molecule has 7 nitrogen and oxygen atoms in total. The van der Waals surface area contributed by atoms with Crippen LogP contribution in [0.1, 0.15) is 44.6 Å². The second-order valence-electron chi connectivity index (χ2n) is 7.97. The fourth-order valence-corrected chi connectivity index (χ4v) is 3.91. The number of benzene rings is 1. The molecule has 1 aromatic rings. The Balaban J connectivity index is 1.82. The van der Waals surface area contributed by atoms with Gasteiger partial charge in [0, 0.05) is 32.5 Å². The highest BCUT2D eigenvalue weighted by Gasteiger charge is 2.33. The van der Waals surface area contributed by atoms with Crippen LogP contribution in [-0.2, 0) is 20.8 Å². The maximum atomic E-state index is 13.0. The molecule has 0 aromatic heterocycles. The van der Waals surface area contributed by atoms with Crippen molar-refractivity contribution in [3.05, 3.63) is 29.8 Å². The van der Waals surface area contributed by atoms with Crippen molar-refractivity contribution in [3.8, 4) is 5.75 Å². The molecule has 0 saturated carbocycles. The standard InChI is InChI=1S/C22H31N3O4/c1-16-7-3-4-12-29-18-9-5-8-17(13-18)14-19(25-11-6-10-20(25)26)22(28)23-15-21(27)24(16)2/h5,8-9,13,16,19H,3-4,6-7,10-12,14-15H2,1-2H3,(H,23,28)/t16?,19-/m0/s1. The molecule has 2 heterocycles. The van der Waals surface area contributed by atoms with Crippen LogP contribution in [0, 0.1) is 0 Å². The first-order chi connectivity index (χ1) is 14.0. The Bertz CT molecular complexity index is 751. The lowest BCUT2D eigenvalue weighted by molar-refractivity contribution is -0.138. The van der Waals surface area contributed by atoms with Gasteiger partial charge in [-0.15, -0.1) is 0 Å². The van der Waals surface area contributed by atoms with Crippen LogP contribution < -0.4 is 10.1 Å². The third kappa shape index (κ3) is 5.49. The summed E-state index contributed by atoms with van der Waals surface area (Å²) in [6, 6.07) is 7.17. The van der Waals surface area contributed by atoms with Crippen molar-refractivity contribution >= 4 is 17.7 Å². The van der Waals surface area contributed by atoms with Gasteiger partial charge in [0.2, 0.25) is 17.7 Å². The topological polar surface area (TPSA) is 79.0 Å². The summed E-state index contributed by atoms with van der Waals surface area (Å²) in [6.45, 7) is 3.14. The number of carbonyl (C=O) groups excluding carboxylic acids is 3. The van der Waals surface area contributed by atoms with Crippen LogP contribution in [0.3, 0.4) is 0 Å². The summed E-state index contributed by atoms with van der Waals surface area (Å²) in [4.78, 5) is 41.1. The summed E-state index contributed by atoms with van der Waals surface area (Å²) in [6.07, 6.45) is 4.37. The maximum Gasteiger partial charge on any atom is 0.243 e. The quantitative estimate of drug-likeness (QED) is 0.778. The van der Waals surface area contributed by atoms with E-state index in [0.29, 0.717) is 26.0 Å². The summed E-state index contributed by atoms with van der Waals surface area (Å²) < 4.78 is 5.88. The Labute approximate surface area is 172 Å². The highest BCUT2D eigenvalue weighted by Crippen LogP contribution is 2.21. The number of nitrogens with zero attached hydrogens (tertiary/aromatic N) is 2. The molecule has 7 heteroatoms. The Kier molecular flexibility index (Phi) is 7.12. The summed E-state index contributed by atoms with van der Waals surface area (Å²) in [5.74, 6) is 0.363. The molecule has 1 unspecified atom stereocenters. The first-order valence-electron chi connectivity index (χ1n) is 10.5. The third-order valence-electron chi connectivity index (χ3n) is 5.87. The van der Waals surface area contributed by atoms with Gasteiger partial charge >= 0.3 is 0 Å². The molecule has 3 rings (SSSR count). The second-order valence-corrected chi connectivity index (χ2v) is 7.97. The van der Waals surface area contributed by atoms with E-state index in [1.54, 1.807) is 16.8 Å². The van der Waals surface area contributed by atoms with Gasteiger partial charge in [-0.2, -0.15) is 0 Å². The van der Waals surface area contributed by atoms with Crippen LogP contribution in [0.2, 0.25) is 0 Å². The van der Waals surface area contributed by atoms with Crippen LogP contribution >= 0.6 is 0 Å². The Morgan fingerprint density at radius 2 is 1.93 bits per heavy atom. The summed E-state index contributed by atoms with van der Waals surface area (Å²) in [7, 11) is 1.77. The number of rotatable bonds is 1. The fraction of sp³-hybridized carbons (Fsp3) is 0.591. The van der Waals surface area contributed by atoms with Crippen molar-refractivity contribution in [1.82, 2.24) is 15.1 Å². The van der Waals surface area contributed by atoms with Crippen LogP contribution in [0.4, 0.5) is 0 Å². The molecule has 1 N–H and O–H groups in total. The van der Waals surface area contributed by atoms with Crippen LogP contribution in [0.5, 0.6) is 5.75 Å². The Morgan fingerprint density at radius 1 is 1.10 bits per heavy atom. The van der Waals surface area contributed by atoms with Gasteiger partial charge in [-0.25, -0.2) is 0 Å². The van der Waals surface area contributed by atoms with Crippen molar-refractivity contribution in [1.29, 1.82) is 0 Å². The molecular weight excluding hydrogens is 370 g/mol. The lowest BCUT2D eigenvalue weighted by Gasteiger charge is -2.29. The molecule has 2 aliphatic heterocycles. The van der Waals surface area contributed by atoms with Gasteiger partial charge in [-0.1, -0.05) is 12.1 Å². The van der Waals surface area contributed by atoms with Crippen molar-refractivity contribution in [3.63, 3.8) is 0 Å². The van der Waals surface area contributed by atoms with Crippen LogP contribution in [0.25, 0.3) is 0 Å². The number of carbonyl (C=O) groups is 3. The van der Waals surface area contributed by atoms with E-state index in [2.05, 4.69) is 5.32 Å². The minimum absolute atomic E-state index is 0.0102. The van der Waals surface area contributed by atoms with Gasteiger partial charge < -0.3 is 19.9 Å². The summed E-state index contributed by atoms with van der Waals surface area (Å²) >= 11 is 0. The number of likely N-dealkylation sites (N-methyl/N-ethyl adjacent to an activating group) is 1. The van der Waals surface area contributed by atoms with Gasteiger partial charge in [0.15, 0.2) is 0 Å². The normalized spacial score (nSPS) is 25.0. The molecule has 1 saturated heterocycles. The van der Waals surface area contributed by atoms with Crippen molar-refractivity contribution in [2.75, 3.05) is 26.7 Å². The molecule has 0 spiro atoms. The van der Waals surface area contributed by atoms with E-state index in [1.165, 1.54) is 0 Å².